The third kappa shape index (κ3) is 2.72. The standard InChI is InChI=1S/C17H16N2O2S/c1-11-5-4-6-12(9-11)16-13(10-15(22)17(20)21)14-7-2-3-8-19(14)18-16/h2-8,11H,9-10H2,1H3,(H,20,21). The predicted octanol–water partition coefficient (Wildman–Crippen LogP) is 3.31. The van der Waals surface area contributed by atoms with Crippen molar-refractivity contribution < 1.29 is 9.90 Å². The van der Waals surface area contributed by atoms with Crippen LogP contribution in [0.25, 0.3) is 11.1 Å². The van der Waals surface area contributed by atoms with E-state index in [0.717, 1.165) is 28.8 Å². The molecule has 0 saturated heterocycles. The lowest BCUT2D eigenvalue weighted by atomic mass is 9.91. The first-order chi connectivity index (χ1) is 10.6. The molecular formula is C17H16N2O2S. The lowest BCUT2D eigenvalue weighted by Gasteiger charge is -2.14. The van der Waals surface area contributed by atoms with Crippen LogP contribution in [0, 0.1) is 5.92 Å². The zero-order valence-corrected chi connectivity index (χ0v) is 13.0. The number of pyridine rings is 1. The number of carbonyl (C=O) groups is 1. The average Bonchev–Trinajstić information content (AvgIpc) is 2.86. The van der Waals surface area contributed by atoms with Gasteiger partial charge in [0.1, 0.15) is 4.86 Å². The Hall–Kier alpha value is -2.27. The fourth-order valence-corrected chi connectivity index (χ4v) is 2.88. The molecule has 5 heteroatoms. The van der Waals surface area contributed by atoms with Crippen LogP contribution in [0.4, 0.5) is 0 Å². The van der Waals surface area contributed by atoms with Gasteiger partial charge in [-0.3, -0.25) is 0 Å². The SMILES string of the molecule is CC1C=CC=C(c2nn3ccccc3c2CC(=S)C(=O)O)C1. The molecule has 1 unspecified atom stereocenters. The van der Waals surface area contributed by atoms with E-state index in [4.69, 9.17) is 17.3 Å². The van der Waals surface area contributed by atoms with Gasteiger partial charge < -0.3 is 5.11 Å². The Balaban J connectivity index is 2.12. The lowest BCUT2D eigenvalue weighted by Crippen LogP contribution is -2.13. The maximum Gasteiger partial charge on any atom is 0.342 e. The van der Waals surface area contributed by atoms with Crippen molar-refractivity contribution >= 4 is 34.1 Å². The van der Waals surface area contributed by atoms with Crippen LogP contribution in [0.5, 0.6) is 0 Å². The minimum atomic E-state index is -1.04. The molecule has 0 amide bonds. The number of thiocarbonyl (C=S) groups is 1. The van der Waals surface area contributed by atoms with Crippen molar-refractivity contribution in [2.45, 2.75) is 19.8 Å². The number of hydrogen-bond acceptors (Lipinski definition) is 3. The highest BCUT2D eigenvalue weighted by atomic mass is 32.1. The lowest BCUT2D eigenvalue weighted by molar-refractivity contribution is -0.129. The molecule has 0 aliphatic heterocycles. The van der Waals surface area contributed by atoms with E-state index in [9.17, 15) is 4.79 Å². The van der Waals surface area contributed by atoms with Gasteiger partial charge in [-0.05, 0) is 30.0 Å². The van der Waals surface area contributed by atoms with Crippen molar-refractivity contribution in [1.29, 1.82) is 0 Å². The molecule has 112 valence electrons. The molecule has 0 bridgehead atoms. The molecule has 3 rings (SSSR count). The molecule has 0 fully saturated rings. The first kappa shape index (κ1) is 14.7. The number of allylic oxidation sites excluding steroid dienone is 4. The Labute approximate surface area is 133 Å². The highest BCUT2D eigenvalue weighted by molar-refractivity contribution is 7.82. The van der Waals surface area contributed by atoms with Gasteiger partial charge in [0.15, 0.2) is 0 Å². The van der Waals surface area contributed by atoms with Crippen LogP contribution in [-0.2, 0) is 11.2 Å². The van der Waals surface area contributed by atoms with Crippen LogP contribution < -0.4 is 0 Å². The fourth-order valence-electron chi connectivity index (χ4n) is 2.74. The number of nitrogens with zero attached hydrogens (tertiary/aromatic N) is 2. The number of aliphatic carboxylic acids is 1. The molecule has 22 heavy (non-hydrogen) atoms. The first-order valence-electron chi connectivity index (χ1n) is 7.16. The quantitative estimate of drug-likeness (QED) is 0.880. The van der Waals surface area contributed by atoms with Crippen LogP contribution >= 0.6 is 12.2 Å². The Morgan fingerprint density at radius 1 is 1.50 bits per heavy atom. The van der Waals surface area contributed by atoms with Crippen LogP contribution in [0.2, 0.25) is 0 Å². The summed E-state index contributed by atoms with van der Waals surface area (Å²) in [6.07, 6.45) is 9.23. The highest BCUT2D eigenvalue weighted by Gasteiger charge is 2.21. The molecule has 0 aromatic carbocycles. The fraction of sp³-hybridized carbons (Fsp3) is 0.235. The largest absolute Gasteiger partial charge is 0.477 e. The smallest absolute Gasteiger partial charge is 0.342 e. The highest BCUT2D eigenvalue weighted by Crippen LogP contribution is 2.30. The van der Waals surface area contributed by atoms with Gasteiger partial charge in [-0.25, -0.2) is 9.31 Å². The minimum Gasteiger partial charge on any atom is -0.477 e. The normalized spacial score (nSPS) is 17.5. The summed E-state index contributed by atoms with van der Waals surface area (Å²) in [5.74, 6) is -0.591. The van der Waals surface area contributed by atoms with Crippen LogP contribution in [-0.4, -0.2) is 25.6 Å². The van der Waals surface area contributed by atoms with E-state index in [2.05, 4.69) is 24.2 Å². The molecule has 1 atom stereocenters. The minimum absolute atomic E-state index is 0.0139. The van der Waals surface area contributed by atoms with Gasteiger partial charge in [0.2, 0.25) is 0 Å². The van der Waals surface area contributed by atoms with Gasteiger partial charge in [0, 0.05) is 18.2 Å². The summed E-state index contributed by atoms with van der Waals surface area (Å²) < 4.78 is 1.79. The number of fused-ring (bicyclic) bond motifs is 1. The van der Waals surface area contributed by atoms with Gasteiger partial charge >= 0.3 is 5.97 Å². The topological polar surface area (TPSA) is 54.6 Å². The summed E-state index contributed by atoms with van der Waals surface area (Å²) in [5.41, 5.74) is 3.78. The van der Waals surface area contributed by atoms with Gasteiger partial charge in [-0.1, -0.05) is 43.4 Å². The van der Waals surface area contributed by atoms with E-state index in [1.165, 1.54) is 0 Å². The predicted molar refractivity (Wildman–Crippen MR) is 90.0 cm³/mol. The van der Waals surface area contributed by atoms with Crippen molar-refractivity contribution in [1.82, 2.24) is 9.61 Å². The molecule has 0 saturated carbocycles. The van der Waals surface area contributed by atoms with Crippen molar-refractivity contribution in [3.05, 3.63) is 53.9 Å². The molecular weight excluding hydrogens is 296 g/mol. The average molecular weight is 312 g/mol. The van der Waals surface area contributed by atoms with Gasteiger partial charge in [0.25, 0.3) is 0 Å². The van der Waals surface area contributed by atoms with Crippen LogP contribution in [0.3, 0.4) is 0 Å². The number of carboxylic acid groups (broad SMARTS) is 1. The Morgan fingerprint density at radius 2 is 2.32 bits per heavy atom. The second kappa shape index (κ2) is 5.85. The Bertz CT molecular complexity index is 817. The van der Waals surface area contributed by atoms with E-state index >= 15 is 0 Å². The molecule has 1 aliphatic carbocycles. The summed E-state index contributed by atoms with van der Waals surface area (Å²) in [6, 6.07) is 5.77. The first-order valence-corrected chi connectivity index (χ1v) is 7.57. The van der Waals surface area contributed by atoms with E-state index in [1.807, 2.05) is 30.5 Å². The second-order valence-corrected chi connectivity index (χ2v) is 6.01. The Kier molecular flexibility index (Phi) is 3.90. The summed E-state index contributed by atoms with van der Waals surface area (Å²) in [6.45, 7) is 2.15. The van der Waals surface area contributed by atoms with Crippen LogP contribution in [0.1, 0.15) is 24.6 Å². The zero-order valence-electron chi connectivity index (χ0n) is 12.2. The molecule has 2 aromatic rings. The van der Waals surface area contributed by atoms with Crippen molar-refractivity contribution in [3.63, 3.8) is 0 Å². The van der Waals surface area contributed by atoms with Crippen molar-refractivity contribution in [2.75, 3.05) is 0 Å². The molecule has 1 N–H and O–H groups in total. The van der Waals surface area contributed by atoms with E-state index < -0.39 is 5.97 Å². The van der Waals surface area contributed by atoms with Gasteiger partial charge in [-0.15, -0.1) is 0 Å². The molecule has 2 heterocycles. The van der Waals surface area contributed by atoms with E-state index in [1.54, 1.807) is 4.52 Å². The number of hydrogen-bond donors (Lipinski definition) is 1. The molecule has 2 aromatic heterocycles. The third-order valence-corrected chi connectivity index (χ3v) is 4.12. The van der Waals surface area contributed by atoms with Gasteiger partial charge in [0.05, 0.1) is 11.2 Å². The van der Waals surface area contributed by atoms with Crippen molar-refractivity contribution in [3.8, 4) is 0 Å². The van der Waals surface area contributed by atoms with Crippen molar-refractivity contribution in [2.24, 2.45) is 5.92 Å². The maximum atomic E-state index is 11.1. The van der Waals surface area contributed by atoms with Crippen LogP contribution in [0.15, 0.2) is 42.6 Å². The number of carboxylic acids is 1. The zero-order chi connectivity index (χ0) is 15.7. The molecule has 0 radical (unpaired) electrons. The van der Waals surface area contributed by atoms with Gasteiger partial charge in [-0.2, -0.15) is 5.10 Å². The van der Waals surface area contributed by atoms with E-state index in [0.29, 0.717) is 5.92 Å². The summed E-state index contributed by atoms with van der Waals surface area (Å²) in [4.78, 5) is 11.1. The Morgan fingerprint density at radius 3 is 3.05 bits per heavy atom. The molecule has 1 aliphatic rings. The summed E-state index contributed by atoms with van der Waals surface area (Å²) >= 11 is 5.00. The second-order valence-electron chi connectivity index (χ2n) is 5.52. The number of rotatable bonds is 4. The molecule has 4 nitrogen and oxygen atoms in total. The monoisotopic (exact) mass is 312 g/mol. The van der Waals surface area contributed by atoms with E-state index in [-0.39, 0.29) is 11.3 Å². The summed E-state index contributed by atoms with van der Waals surface area (Å²) in [7, 11) is 0. The molecule has 0 spiro atoms. The number of aromatic nitrogens is 2. The maximum absolute atomic E-state index is 11.1. The third-order valence-electron chi connectivity index (χ3n) is 3.80. The summed E-state index contributed by atoms with van der Waals surface area (Å²) in [5, 5.41) is 13.7.